The van der Waals surface area contributed by atoms with Gasteiger partial charge in [0.15, 0.2) is 5.82 Å². The van der Waals surface area contributed by atoms with Gasteiger partial charge in [0.2, 0.25) is 0 Å². The molecule has 0 bridgehead atoms. The van der Waals surface area contributed by atoms with Gasteiger partial charge in [0.1, 0.15) is 0 Å². The molecule has 0 radical (unpaired) electrons. The Morgan fingerprint density at radius 2 is 2.36 bits per heavy atom. The number of nitrogens with zero attached hydrogens (tertiary/aromatic N) is 2. The third-order valence-electron chi connectivity index (χ3n) is 2.46. The van der Waals surface area contributed by atoms with E-state index in [2.05, 4.69) is 16.8 Å². The minimum atomic E-state index is 0.595. The van der Waals surface area contributed by atoms with Crippen molar-refractivity contribution in [2.75, 3.05) is 17.2 Å². The number of halogens is 1. The first-order chi connectivity index (χ1) is 6.72. The molecule has 1 heterocycles. The van der Waals surface area contributed by atoms with Crippen molar-refractivity contribution in [1.82, 2.24) is 4.98 Å². The Morgan fingerprint density at radius 3 is 2.86 bits per heavy atom. The standard InChI is InChI=1S/C10H14ClN3/c1-2-14(8-3-4-8)10-9(12)5-7(11)6-13-10/h5-6,8H,2-4,12H2,1H3. The molecule has 0 atom stereocenters. The van der Waals surface area contributed by atoms with Crippen LogP contribution in [0.25, 0.3) is 0 Å². The fourth-order valence-corrected chi connectivity index (χ4v) is 1.82. The van der Waals surface area contributed by atoms with Gasteiger partial charge in [-0.1, -0.05) is 11.6 Å². The van der Waals surface area contributed by atoms with E-state index in [9.17, 15) is 0 Å². The molecular weight excluding hydrogens is 198 g/mol. The fraction of sp³-hybridized carbons (Fsp3) is 0.500. The van der Waals surface area contributed by atoms with Gasteiger partial charge in [-0.3, -0.25) is 0 Å². The summed E-state index contributed by atoms with van der Waals surface area (Å²) in [5.74, 6) is 0.874. The Morgan fingerprint density at radius 1 is 1.64 bits per heavy atom. The summed E-state index contributed by atoms with van der Waals surface area (Å²) < 4.78 is 0. The predicted octanol–water partition coefficient (Wildman–Crippen LogP) is 2.31. The summed E-state index contributed by atoms with van der Waals surface area (Å²) in [6.45, 7) is 3.07. The molecule has 3 nitrogen and oxygen atoms in total. The van der Waals surface area contributed by atoms with Crippen molar-refractivity contribution >= 4 is 23.1 Å². The van der Waals surface area contributed by atoms with Crippen molar-refractivity contribution in [1.29, 1.82) is 0 Å². The van der Waals surface area contributed by atoms with E-state index in [4.69, 9.17) is 17.3 Å². The zero-order valence-electron chi connectivity index (χ0n) is 8.20. The molecule has 2 N–H and O–H groups in total. The van der Waals surface area contributed by atoms with Crippen LogP contribution in [-0.4, -0.2) is 17.6 Å². The third-order valence-corrected chi connectivity index (χ3v) is 2.67. The summed E-state index contributed by atoms with van der Waals surface area (Å²) in [5.41, 5.74) is 6.55. The van der Waals surface area contributed by atoms with Crippen molar-refractivity contribution in [3.8, 4) is 0 Å². The van der Waals surface area contributed by atoms with E-state index in [-0.39, 0.29) is 0 Å². The maximum Gasteiger partial charge on any atom is 0.152 e. The number of anilines is 2. The molecule has 1 fully saturated rings. The number of rotatable bonds is 3. The van der Waals surface area contributed by atoms with Gasteiger partial charge in [-0.25, -0.2) is 4.98 Å². The summed E-state index contributed by atoms with van der Waals surface area (Å²) in [5, 5.41) is 0.595. The SMILES string of the molecule is CCN(c1ncc(Cl)cc1N)C1CC1. The molecule has 0 saturated heterocycles. The molecule has 2 rings (SSSR count). The van der Waals surface area contributed by atoms with Gasteiger partial charge in [-0.15, -0.1) is 0 Å². The molecule has 4 heteroatoms. The molecule has 1 aromatic heterocycles. The lowest BCUT2D eigenvalue weighted by atomic mass is 10.3. The van der Waals surface area contributed by atoms with E-state index < -0.39 is 0 Å². The number of aromatic nitrogens is 1. The van der Waals surface area contributed by atoms with Crippen LogP contribution in [0.3, 0.4) is 0 Å². The fourth-order valence-electron chi connectivity index (χ4n) is 1.65. The van der Waals surface area contributed by atoms with Crippen LogP contribution in [0.5, 0.6) is 0 Å². The lowest BCUT2D eigenvalue weighted by Crippen LogP contribution is -2.26. The Bertz CT molecular complexity index is 336. The number of nitrogens with two attached hydrogens (primary N) is 1. The van der Waals surface area contributed by atoms with Crippen LogP contribution in [0, 0.1) is 0 Å². The van der Waals surface area contributed by atoms with E-state index in [1.54, 1.807) is 12.3 Å². The van der Waals surface area contributed by atoms with Crippen molar-refractivity contribution in [2.24, 2.45) is 0 Å². The highest BCUT2D eigenvalue weighted by atomic mass is 35.5. The van der Waals surface area contributed by atoms with E-state index in [1.807, 2.05) is 0 Å². The molecule has 1 aliphatic rings. The molecule has 1 saturated carbocycles. The van der Waals surface area contributed by atoms with Crippen molar-refractivity contribution < 1.29 is 0 Å². The normalized spacial score (nSPS) is 15.6. The summed E-state index contributed by atoms with van der Waals surface area (Å²) in [6.07, 6.45) is 4.15. The number of nitrogen functional groups attached to an aromatic ring is 1. The Kier molecular flexibility index (Phi) is 2.50. The number of hydrogen-bond donors (Lipinski definition) is 1. The molecule has 1 aliphatic carbocycles. The molecule has 0 spiro atoms. The third kappa shape index (κ3) is 1.77. The summed E-state index contributed by atoms with van der Waals surface area (Å²) in [7, 11) is 0. The van der Waals surface area contributed by atoms with Gasteiger partial charge >= 0.3 is 0 Å². The average Bonchev–Trinajstić information content (AvgIpc) is 2.93. The van der Waals surface area contributed by atoms with Gasteiger partial charge < -0.3 is 10.6 Å². The summed E-state index contributed by atoms with van der Waals surface area (Å²) in [4.78, 5) is 6.52. The van der Waals surface area contributed by atoms with Crippen LogP contribution in [-0.2, 0) is 0 Å². The molecule has 0 aliphatic heterocycles. The topological polar surface area (TPSA) is 42.2 Å². The summed E-state index contributed by atoms with van der Waals surface area (Å²) >= 11 is 5.80. The van der Waals surface area contributed by atoms with Crippen LogP contribution in [0.15, 0.2) is 12.3 Å². The molecule has 76 valence electrons. The monoisotopic (exact) mass is 211 g/mol. The molecular formula is C10H14ClN3. The van der Waals surface area contributed by atoms with Crippen molar-refractivity contribution in [3.05, 3.63) is 17.3 Å². The highest BCUT2D eigenvalue weighted by molar-refractivity contribution is 6.30. The van der Waals surface area contributed by atoms with Gasteiger partial charge in [0.05, 0.1) is 10.7 Å². The van der Waals surface area contributed by atoms with Gasteiger partial charge in [-0.2, -0.15) is 0 Å². The highest BCUT2D eigenvalue weighted by Crippen LogP contribution is 2.33. The predicted molar refractivity (Wildman–Crippen MR) is 59.7 cm³/mol. The van der Waals surface area contributed by atoms with Gasteiger partial charge in [0, 0.05) is 18.8 Å². The van der Waals surface area contributed by atoms with Crippen LogP contribution in [0.1, 0.15) is 19.8 Å². The maximum atomic E-state index is 5.87. The first kappa shape index (κ1) is 9.59. The van der Waals surface area contributed by atoms with Crippen LogP contribution in [0.4, 0.5) is 11.5 Å². The Hall–Kier alpha value is -0.960. The van der Waals surface area contributed by atoms with Crippen LogP contribution in [0.2, 0.25) is 5.02 Å². The lowest BCUT2D eigenvalue weighted by molar-refractivity contribution is 0.810. The molecule has 1 aromatic rings. The molecule has 14 heavy (non-hydrogen) atoms. The minimum absolute atomic E-state index is 0.595. The largest absolute Gasteiger partial charge is 0.396 e. The smallest absolute Gasteiger partial charge is 0.152 e. The minimum Gasteiger partial charge on any atom is -0.396 e. The van der Waals surface area contributed by atoms with Crippen LogP contribution >= 0.6 is 11.6 Å². The highest BCUT2D eigenvalue weighted by Gasteiger charge is 2.29. The first-order valence-electron chi connectivity index (χ1n) is 4.90. The van der Waals surface area contributed by atoms with E-state index in [0.717, 1.165) is 12.4 Å². The van der Waals surface area contributed by atoms with Crippen molar-refractivity contribution in [2.45, 2.75) is 25.8 Å². The second kappa shape index (κ2) is 3.65. The maximum absolute atomic E-state index is 5.87. The van der Waals surface area contributed by atoms with E-state index in [1.165, 1.54) is 12.8 Å². The second-order valence-electron chi connectivity index (χ2n) is 3.58. The van der Waals surface area contributed by atoms with E-state index >= 15 is 0 Å². The van der Waals surface area contributed by atoms with Crippen LogP contribution < -0.4 is 10.6 Å². The Labute approximate surface area is 88.9 Å². The molecule has 0 aromatic carbocycles. The summed E-state index contributed by atoms with van der Waals surface area (Å²) in [6, 6.07) is 2.39. The molecule has 0 unspecified atom stereocenters. The molecule has 0 amide bonds. The quantitative estimate of drug-likeness (QED) is 0.835. The van der Waals surface area contributed by atoms with Crippen molar-refractivity contribution in [3.63, 3.8) is 0 Å². The van der Waals surface area contributed by atoms with Gasteiger partial charge in [-0.05, 0) is 25.8 Å². The second-order valence-corrected chi connectivity index (χ2v) is 4.02. The zero-order chi connectivity index (χ0) is 10.1. The lowest BCUT2D eigenvalue weighted by Gasteiger charge is -2.22. The zero-order valence-corrected chi connectivity index (χ0v) is 8.96. The average molecular weight is 212 g/mol. The van der Waals surface area contributed by atoms with E-state index in [0.29, 0.717) is 16.8 Å². The Balaban J connectivity index is 2.29. The number of pyridine rings is 1. The van der Waals surface area contributed by atoms with Gasteiger partial charge in [0.25, 0.3) is 0 Å². The first-order valence-corrected chi connectivity index (χ1v) is 5.28. The number of hydrogen-bond acceptors (Lipinski definition) is 3.